The number of H-pyrrole nitrogens is 1. The summed E-state index contributed by atoms with van der Waals surface area (Å²) in [6.45, 7) is 6.32. The average molecular weight is 1150 g/mol. The highest BCUT2D eigenvalue weighted by Gasteiger charge is 2.47. The Morgan fingerprint density at radius 3 is 2.32 bits per heavy atom. The number of halogens is 4. The highest BCUT2D eigenvalue weighted by molar-refractivity contribution is 8.01. The second kappa shape index (κ2) is 25.4. The summed E-state index contributed by atoms with van der Waals surface area (Å²) in [4.78, 5) is 49.7. The van der Waals surface area contributed by atoms with Crippen molar-refractivity contribution in [3.63, 3.8) is 0 Å². The van der Waals surface area contributed by atoms with Gasteiger partial charge in [0.25, 0.3) is 5.91 Å². The highest BCUT2D eigenvalue weighted by Crippen LogP contribution is 2.39. The molecule has 15 nitrogen and oxygen atoms in total. The molecule has 3 N–H and O–H groups in total. The van der Waals surface area contributed by atoms with Crippen LogP contribution in [0.4, 0.5) is 18.9 Å². The molecular weight excluding hydrogens is 1100 g/mol. The van der Waals surface area contributed by atoms with E-state index in [2.05, 4.69) is 53.1 Å². The Morgan fingerprint density at radius 1 is 0.853 bits per heavy atom. The number of amides is 3. The summed E-state index contributed by atoms with van der Waals surface area (Å²) in [5.74, 6) is 0.229. The minimum Gasteiger partial charge on any atom is -0.352 e. The zero-order valence-electron chi connectivity index (χ0n) is 40.9. The number of hydrogen-bond acceptors (Lipinski definition) is 15. The van der Waals surface area contributed by atoms with Crippen LogP contribution in [-0.4, -0.2) is 102 Å². The molecule has 4 atom stereocenters. The van der Waals surface area contributed by atoms with Crippen LogP contribution in [0.5, 0.6) is 0 Å². The smallest absolute Gasteiger partial charge is 0.352 e. The fraction of sp³-hybridized carbons (Fsp3) is 0.300. The van der Waals surface area contributed by atoms with E-state index in [0.29, 0.717) is 58.6 Å². The molecule has 6 heterocycles. The number of hydrogen-bond donors (Lipinski definition) is 3. The molecule has 0 saturated heterocycles. The van der Waals surface area contributed by atoms with Crippen LogP contribution in [0.2, 0.25) is 0 Å². The van der Waals surface area contributed by atoms with Crippen molar-refractivity contribution in [1.82, 2.24) is 54.9 Å². The molecule has 8 rings (SSSR count). The third-order valence-electron chi connectivity index (χ3n) is 11.6. The topological polar surface area (TPSA) is 182 Å². The number of nitrogens with one attached hydrogen (secondary N) is 3. The van der Waals surface area contributed by atoms with Crippen LogP contribution in [-0.2, 0) is 28.0 Å². The maximum atomic E-state index is 14.1. The number of anilines is 1. The first-order chi connectivity index (χ1) is 36.1. The number of aromatic amines is 1. The minimum atomic E-state index is -4.82. The number of allylic oxidation sites excluding steroid dienone is 7. The number of aromatic nitrogens is 9. The molecule has 3 amide bonds. The summed E-state index contributed by atoms with van der Waals surface area (Å²) in [5.41, 5.74) is 2.30. The Hall–Kier alpha value is -5.76. The van der Waals surface area contributed by atoms with E-state index in [0.717, 1.165) is 48.1 Å². The van der Waals surface area contributed by atoms with Crippen LogP contribution >= 0.6 is 80.9 Å². The zero-order chi connectivity index (χ0) is 53.2. The van der Waals surface area contributed by atoms with Gasteiger partial charge in [0.2, 0.25) is 17.0 Å². The summed E-state index contributed by atoms with van der Waals surface area (Å²) >= 11 is 13.8. The maximum absolute atomic E-state index is 14.1. The van der Waals surface area contributed by atoms with E-state index in [9.17, 15) is 27.6 Å². The van der Waals surface area contributed by atoms with Gasteiger partial charge >= 0.3 is 6.18 Å². The molecule has 0 bridgehead atoms. The molecule has 0 spiro atoms. The van der Waals surface area contributed by atoms with Gasteiger partial charge in [-0.25, -0.2) is 4.98 Å². The largest absolute Gasteiger partial charge is 0.409 e. The maximum Gasteiger partial charge on any atom is 0.409 e. The van der Waals surface area contributed by atoms with Gasteiger partial charge in [-0.2, -0.15) is 13.2 Å². The number of thiophene rings is 3. The third-order valence-corrected chi connectivity index (χ3v) is 18.4. The van der Waals surface area contributed by atoms with Crippen molar-refractivity contribution >= 4 is 104 Å². The Bertz CT molecular complexity index is 3210. The predicted molar refractivity (Wildman–Crippen MR) is 297 cm³/mol. The Morgan fingerprint density at radius 2 is 1.57 bits per heavy atom. The number of benzene rings is 1. The summed E-state index contributed by atoms with van der Waals surface area (Å²) < 4.78 is 45.2. The van der Waals surface area contributed by atoms with E-state index in [1.807, 2.05) is 120 Å². The molecule has 25 heteroatoms. The van der Waals surface area contributed by atoms with E-state index >= 15 is 0 Å². The quantitative estimate of drug-likeness (QED) is 0.0432. The van der Waals surface area contributed by atoms with Crippen molar-refractivity contribution < 1.29 is 27.6 Å². The van der Waals surface area contributed by atoms with Crippen LogP contribution in [0.3, 0.4) is 0 Å². The molecule has 1 aliphatic carbocycles. The average Bonchev–Trinajstić information content (AvgIpc) is 4.25. The van der Waals surface area contributed by atoms with Crippen LogP contribution in [0.15, 0.2) is 130 Å². The second-order valence-electron chi connectivity index (χ2n) is 16.8. The van der Waals surface area contributed by atoms with Crippen LogP contribution in [0, 0.1) is 0 Å². The molecule has 4 unspecified atom stereocenters. The molecule has 0 radical (unpaired) electrons. The fourth-order valence-electron chi connectivity index (χ4n) is 7.63. The molecule has 0 fully saturated rings. The van der Waals surface area contributed by atoms with E-state index in [1.165, 1.54) is 39.3 Å². The van der Waals surface area contributed by atoms with E-state index in [4.69, 9.17) is 11.6 Å². The number of nitrogens with zero attached hydrogens (tertiary/aromatic N) is 9. The lowest BCUT2D eigenvalue weighted by Crippen LogP contribution is -2.45. The van der Waals surface area contributed by atoms with Gasteiger partial charge in [-0.05, 0) is 105 Å². The first-order valence-corrected chi connectivity index (χ1v) is 29.2. The van der Waals surface area contributed by atoms with E-state index < -0.39 is 28.1 Å². The SMILES string of the molecule is CCC(CCC(C)NC(=O)C(Sc1n[nH]c(-c2cccs2)n1)C(F)(F)F)c1ccc(-c2nnc(SCC(=O)Nc3ccc(-c4ccc(-c5nnc(SC(Cl)C(=O)N(C)C6=C/C=C/C=C\C=C6)n5C)s4)cc3)n2CC)s1. The van der Waals surface area contributed by atoms with Crippen molar-refractivity contribution in [2.45, 2.75) is 90.1 Å². The molecular formula is C50H50ClF3N12O3S6. The molecule has 0 saturated carbocycles. The van der Waals surface area contributed by atoms with Crippen molar-refractivity contribution in [1.29, 1.82) is 0 Å². The molecule has 1 aliphatic rings. The summed E-state index contributed by atoms with van der Waals surface area (Å²) in [6, 6.07) is 18.6. The normalized spacial score (nSPS) is 15.1. The van der Waals surface area contributed by atoms with Gasteiger partial charge in [-0.1, -0.05) is 102 Å². The van der Waals surface area contributed by atoms with Crippen molar-refractivity contribution in [2.75, 3.05) is 18.1 Å². The van der Waals surface area contributed by atoms with E-state index in [-0.39, 0.29) is 40.4 Å². The number of carbonyl (C=O) groups is 3. The standard InChI is InChI=1S/C50H50ClF3N12O3S6/c1-6-30(18-17-29(3)55-45(68)40(50(52,53)54)74-47-57-42(58-61-47)36-16-13-27-70-36)34-23-26-38(72-34)44-60-63-49(66(44)7-2)71-28-39(67)56-32-21-19-31(20-22-32)35-24-25-37(73-35)43-59-62-48(65(43)5)75-41(51)46(69)64(4)33-14-11-9-8-10-12-15-33/h8-16,19-27,29-30,40-41H,6-7,17-18,28H2,1-5H3,(H,55,68)(H,56,67)(H,57,58,61)/b9-8-,10-8?,11-9?,12-10+,14-11?,15-12?,33-14?,33-15?. The lowest BCUT2D eigenvalue weighted by Gasteiger charge is -2.22. The zero-order valence-corrected chi connectivity index (χ0v) is 46.6. The molecule has 6 aromatic heterocycles. The number of alkyl halides is 4. The molecule has 75 heavy (non-hydrogen) atoms. The van der Waals surface area contributed by atoms with Gasteiger partial charge in [0.15, 0.2) is 37.7 Å². The first-order valence-electron chi connectivity index (χ1n) is 23.5. The van der Waals surface area contributed by atoms with Gasteiger partial charge in [0.1, 0.15) is 0 Å². The Balaban J connectivity index is 0.806. The van der Waals surface area contributed by atoms with Crippen molar-refractivity contribution in [3.8, 4) is 42.5 Å². The number of likely N-dealkylation sites (N-methyl/N-ethyl adjacent to an activating group) is 1. The minimum absolute atomic E-state index is 0.0983. The summed E-state index contributed by atoms with van der Waals surface area (Å²) in [6.07, 6.45) is 10.1. The lowest BCUT2D eigenvalue weighted by atomic mass is 9.96. The van der Waals surface area contributed by atoms with E-state index in [1.54, 1.807) is 37.4 Å². The summed E-state index contributed by atoms with van der Waals surface area (Å²) in [5, 5.41) is 30.2. The van der Waals surface area contributed by atoms with Gasteiger partial charge < -0.3 is 24.7 Å². The number of rotatable bonds is 22. The Labute approximate surface area is 460 Å². The van der Waals surface area contributed by atoms with Crippen LogP contribution < -0.4 is 10.6 Å². The summed E-state index contributed by atoms with van der Waals surface area (Å²) in [7, 11) is 3.52. The molecule has 0 aliphatic heterocycles. The van der Waals surface area contributed by atoms with Gasteiger partial charge in [0, 0.05) is 47.8 Å². The predicted octanol–water partition coefficient (Wildman–Crippen LogP) is 12.3. The second-order valence-corrected chi connectivity index (χ2v) is 23.8. The molecule has 7 aromatic rings. The van der Waals surface area contributed by atoms with Gasteiger partial charge in [-0.15, -0.1) is 59.5 Å². The number of carbonyl (C=O) groups excluding carboxylic acids is 3. The van der Waals surface area contributed by atoms with Crippen molar-refractivity contribution in [3.05, 3.63) is 119 Å². The number of thioether (sulfide) groups is 3. The van der Waals surface area contributed by atoms with Gasteiger partial charge in [-0.3, -0.25) is 19.5 Å². The lowest BCUT2D eigenvalue weighted by molar-refractivity contribution is -0.150. The van der Waals surface area contributed by atoms with Crippen LogP contribution in [0.25, 0.3) is 42.5 Å². The molecule has 392 valence electrons. The fourth-order valence-corrected chi connectivity index (χ4v) is 13.3. The van der Waals surface area contributed by atoms with Crippen LogP contribution in [0.1, 0.15) is 50.8 Å². The first kappa shape index (κ1) is 55.5. The molecule has 1 aromatic carbocycles. The Kier molecular flexibility index (Phi) is 18.8. The van der Waals surface area contributed by atoms with Gasteiger partial charge in [0.05, 0.1) is 20.4 Å². The third kappa shape index (κ3) is 14.0. The monoisotopic (exact) mass is 1150 g/mol. The highest BCUT2D eigenvalue weighted by atomic mass is 35.5. The van der Waals surface area contributed by atoms with Crippen molar-refractivity contribution in [2.24, 2.45) is 7.05 Å².